The van der Waals surface area contributed by atoms with Crippen molar-refractivity contribution >= 4 is 29.6 Å². The predicted molar refractivity (Wildman–Crippen MR) is 66.3 cm³/mol. The molecular weight excluding hydrogens is 245 g/mol. The van der Waals surface area contributed by atoms with Crippen molar-refractivity contribution in [2.24, 2.45) is 0 Å². The van der Waals surface area contributed by atoms with Gasteiger partial charge in [0.05, 0.1) is 11.7 Å². The first-order valence-corrected chi connectivity index (χ1v) is 7.63. The van der Waals surface area contributed by atoms with Crippen LogP contribution in [0.25, 0.3) is 5.52 Å². The van der Waals surface area contributed by atoms with E-state index >= 15 is 0 Å². The number of halogens is 1. The highest BCUT2D eigenvalue weighted by atomic mass is 35.5. The van der Waals surface area contributed by atoms with Crippen molar-refractivity contribution < 1.29 is 4.57 Å². The van der Waals surface area contributed by atoms with Crippen molar-refractivity contribution in [3.8, 4) is 0 Å². The lowest BCUT2D eigenvalue weighted by molar-refractivity contribution is 0.582. The van der Waals surface area contributed by atoms with Gasteiger partial charge in [-0.1, -0.05) is 25.4 Å². The predicted octanol–water partition coefficient (Wildman–Crippen LogP) is 2.41. The van der Waals surface area contributed by atoms with Crippen molar-refractivity contribution in [3.63, 3.8) is 0 Å². The molecule has 4 nitrogen and oxygen atoms in total. The SMILES string of the molecule is CCP(=O)(CC)c1cc(Cl)nn2cncc12. The van der Waals surface area contributed by atoms with Gasteiger partial charge < -0.3 is 4.57 Å². The van der Waals surface area contributed by atoms with Gasteiger partial charge in [-0.15, -0.1) is 0 Å². The Morgan fingerprint density at radius 3 is 2.75 bits per heavy atom. The second-order valence-corrected chi connectivity index (χ2v) is 7.51. The third-order valence-electron chi connectivity index (χ3n) is 2.80. The van der Waals surface area contributed by atoms with Crippen LogP contribution in [0.1, 0.15) is 13.8 Å². The molecule has 86 valence electrons. The topological polar surface area (TPSA) is 47.3 Å². The van der Waals surface area contributed by atoms with Gasteiger partial charge in [0, 0.05) is 17.6 Å². The molecule has 0 aliphatic rings. The van der Waals surface area contributed by atoms with E-state index in [2.05, 4.69) is 10.1 Å². The van der Waals surface area contributed by atoms with Crippen molar-refractivity contribution in [1.29, 1.82) is 0 Å². The summed E-state index contributed by atoms with van der Waals surface area (Å²) >= 11 is 5.92. The molecule has 6 heteroatoms. The summed E-state index contributed by atoms with van der Waals surface area (Å²) in [5.74, 6) is 0. The van der Waals surface area contributed by atoms with Crippen LogP contribution >= 0.6 is 18.7 Å². The zero-order chi connectivity index (χ0) is 11.8. The Bertz CT molecular complexity index is 558. The molecule has 2 aromatic heterocycles. The number of nitrogens with zero attached hydrogens (tertiary/aromatic N) is 3. The van der Waals surface area contributed by atoms with Gasteiger partial charge in [0.1, 0.15) is 13.5 Å². The summed E-state index contributed by atoms with van der Waals surface area (Å²) in [6.45, 7) is 3.87. The van der Waals surface area contributed by atoms with E-state index in [9.17, 15) is 4.57 Å². The Balaban J connectivity index is 2.76. The van der Waals surface area contributed by atoms with E-state index in [4.69, 9.17) is 11.6 Å². The summed E-state index contributed by atoms with van der Waals surface area (Å²) in [6, 6.07) is 1.70. The number of imidazole rings is 1. The van der Waals surface area contributed by atoms with E-state index < -0.39 is 7.14 Å². The lowest BCUT2D eigenvalue weighted by Crippen LogP contribution is -2.13. The quantitative estimate of drug-likeness (QED) is 0.794. The van der Waals surface area contributed by atoms with E-state index in [0.29, 0.717) is 17.5 Å². The summed E-state index contributed by atoms with van der Waals surface area (Å²) in [4.78, 5) is 4.01. The fourth-order valence-electron chi connectivity index (χ4n) is 1.76. The van der Waals surface area contributed by atoms with Crippen molar-refractivity contribution in [2.45, 2.75) is 13.8 Å². The number of hydrogen-bond acceptors (Lipinski definition) is 3. The van der Waals surface area contributed by atoms with Crippen molar-refractivity contribution in [3.05, 3.63) is 23.7 Å². The van der Waals surface area contributed by atoms with E-state index in [1.54, 1.807) is 23.1 Å². The van der Waals surface area contributed by atoms with Crippen LogP contribution in [0.5, 0.6) is 0 Å². The summed E-state index contributed by atoms with van der Waals surface area (Å²) in [5.41, 5.74) is 0.788. The van der Waals surface area contributed by atoms with Gasteiger partial charge in [0.25, 0.3) is 0 Å². The van der Waals surface area contributed by atoms with E-state index in [0.717, 1.165) is 10.8 Å². The molecule has 0 fully saturated rings. The molecule has 0 N–H and O–H groups in total. The molecule has 2 aromatic rings. The van der Waals surface area contributed by atoms with E-state index in [1.807, 2.05) is 13.8 Å². The van der Waals surface area contributed by atoms with E-state index in [1.165, 1.54) is 0 Å². The third kappa shape index (κ3) is 1.76. The van der Waals surface area contributed by atoms with Crippen molar-refractivity contribution in [1.82, 2.24) is 14.6 Å². The normalized spacial score (nSPS) is 12.2. The zero-order valence-electron chi connectivity index (χ0n) is 9.22. The Labute approximate surface area is 99.0 Å². The molecule has 2 heterocycles. The Morgan fingerprint density at radius 2 is 2.12 bits per heavy atom. The molecule has 0 saturated carbocycles. The van der Waals surface area contributed by atoms with Gasteiger partial charge in [-0.25, -0.2) is 9.50 Å². The molecule has 0 atom stereocenters. The second-order valence-electron chi connectivity index (χ2n) is 3.60. The summed E-state index contributed by atoms with van der Waals surface area (Å²) in [6.07, 6.45) is 4.51. The summed E-state index contributed by atoms with van der Waals surface area (Å²) < 4.78 is 14.3. The van der Waals surface area contributed by atoms with Crippen LogP contribution in [0.3, 0.4) is 0 Å². The minimum atomic E-state index is -2.36. The first kappa shape index (κ1) is 11.6. The molecule has 0 amide bonds. The van der Waals surface area contributed by atoms with Gasteiger partial charge in [-0.3, -0.25) is 0 Å². The van der Waals surface area contributed by atoms with Gasteiger partial charge in [0.15, 0.2) is 5.15 Å². The fourth-order valence-corrected chi connectivity index (χ4v) is 4.09. The van der Waals surface area contributed by atoms with Crippen LogP contribution < -0.4 is 5.30 Å². The van der Waals surface area contributed by atoms with E-state index in [-0.39, 0.29) is 0 Å². The highest BCUT2D eigenvalue weighted by Crippen LogP contribution is 2.44. The van der Waals surface area contributed by atoms with Gasteiger partial charge in [-0.05, 0) is 6.07 Å². The van der Waals surface area contributed by atoms with Crippen LogP contribution in [0.4, 0.5) is 0 Å². The van der Waals surface area contributed by atoms with Crippen LogP contribution in [0, 0.1) is 0 Å². The van der Waals surface area contributed by atoms with Crippen LogP contribution in [0.15, 0.2) is 18.6 Å². The van der Waals surface area contributed by atoms with Crippen LogP contribution in [-0.4, -0.2) is 26.9 Å². The summed E-state index contributed by atoms with van der Waals surface area (Å²) in [7, 11) is -2.36. The molecular formula is C10H13ClN3OP. The maximum atomic E-state index is 12.7. The highest BCUT2D eigenvalue weighted by molar-refractivity contribution is 7.72. The number of aromatic nitrogens is 3. The minimum Gasteiger partial charge on any atom is -0.319 e. The smallest absolute Gasteiger partial charge is 0.150 e. The molecule has 0 saturated heterocycles. The molecule has 0 radical (unpaired) electrons. The fraction of sp³-hybridized carbons (Fsp3) is 0.400. The lowest BCUT2D eigenvalue weighted by atomic mass is 10.5. The number of hydrogen-bond donors (Lipinski definition) is 0. The van der Waals surface area contributed by atoms with Crippen LogP contribution in [-0.2, 0) is 4.57 Å². The molecule has 0 aliphatic heterocycles. The van der Waals surface area contributed by atoms with Gasteiger partial charge in [-0.2, -0.15) is 5.10 Å². The largest absolute Gasteiger partial charge is 0.319 e. The monoisotopic (exact) mass is 257 g/mol. The Kier molecular flexibility index (Phi) is 3.04. The zero-order valence-corrected chi connectivity index (χ0v) is 10.9. The standard InChI is InChI=1S/C10H13ClN3OP/c1-3-16(15,4-2)9-5-10(11)13-14-7-12-6-8(9)14/h5-7H,3-4H2,1-2H3. The highest BCUT2D eigenvalue weighted by Gasteiger charge is 2.24. The maximum absolute atomic E-state index is 12.7. The Morgan fingerprint density at radius 1 is 1.44 bits per heavy atom. The number of rotatable bonds is 3. The molecule has 0 bridgehead atoms. The molecule has 2 rings (SSSR count). The molecule has 16 heavy (non-hydrogen) atoms. The Hall–Kier alpha value is -0.860. The maximum Gasteiger partial charge on any atom is 0.150 e. The first-order chi connectivity index (χ1) is 7.60. The average molecular weight is 258 g/mol. The van der Waals surface area contributed by atoms with Gasteiger partial charge >= 0.3 is 0 Å². The van der Waals surface area contributed by atoms with Crippen LogP contribution in [0.2, 0.25) is 5.15 Å². The van der Waals surface area contributed by atoms with Gasteiger partial charge in [0.2, 0.25) is 0 Å². The first-order valence-electron chi connectivity index (χ1n) is 5.18. The number of fused-ring (bicyclic) bond motifs is 1. The third-order valence-corrected chi connectivity index (χ3v) is 6.27. The second kappa shape index (κ2) is 4.19. The average Bonchev–Trinajstić information content (AvgIpc) is 2.74. The summed E-state index contributed by atoms with van der Waals surface area (Å²) in [5, 5.41) is 5.21. The molecule has 0 aromatic carbocycles. The molecule has 0 aliphatic carbocycles. The van der Waals surface area contributed by atoms with Crippen molar-refractivity contribution in [2.75, 3.05) is 12.3 Å². The molecule has 0 spiro atoms. The lowest BCUT2D eigenvalue weighted by Gasteiger charge is -2.15. The minimum absolute atomic E-state index is 0.350. The molecule has 0 unspecified atom stereocenters.